The second-order valence-electron chi connectivity index (χ2n) is 9.58. The van der Waals surface area contributed by atoms with Gasteiger partial charge in [-0.3, -0.25) is 14.9 Å². The Kier molecular flexibility index (Phi) is 4.92. The number of anilines is 2. The van der Waals surface area contributed by atoms with E-state index in [1.807, 2.05) is 11.0 Å². The standard InChI is InChI=1S/C22H23F3N8O3/c23-22(24,25)21(3-4-21)19(35)32-7-5-31(6-8-32)15-10-16(27-13-1-2-13)33-17(29-15)12(11-26-33)9-14-18(34)30-20(36)28-14/h9-11,13,27H,1-8H2,(H2,28,30,34,36)/b14-9-. The zero-order valence-corrected chi connectivity index (χ0v) is 19.1. The summed E-state index contributed by atoms with van der Waals surface area (Å²) in [6, 6.07) is 1.52. The summed E-state index contributed by atoms with van der Waals surface area (Å²) >= 11 is 0. The summed E-state index contributed by atoms with van der Waals surface area (Å²) in [5.74, 6) is -0.125. The summed E-state index contributed by atoms with van der Waals surface area (Å²) in [5.41, 5.74) is -1.18. The van der Waals surface area contributed by atoms with Crippen LogP contribution in [0.4, 0.5) is 29.6 Å². The SMILES string of the molecule is O=C1NC(=O)/C(=C/c2cnn3c(NC4CC4)cc(N4CCN(C(=O)C5(C(F)(F)F)CC5)CC4)nc23)N1. The molecule has 2 aromatic heterocycles. The molecular formula is C22H23F3N8O3. The molecule has 2 saturated heterocycles. The van der Waals surface area contributed by atoms with Gasteiger partial charge in [0, 0.05) is 43.9 Å². The van der Waals surface area contributed by atoms with Crippen molar-refractivity contribution < 1.29 is 27.6 Å². The van der Waals surface area contributed by atoms with E-state index in [1.54, 1.807) is 4.52 Å². The van der Waals surface area contributed by atoms with E-state index in [-0.39, 0.29) is 31.6 Å². The monoisotopic (exact) mass is 504 g/mol. The molecule has 0 radical (unpaired) electrons. The lowest BCUT2D eigenvalue weighted by molar-refractivity contribution is -0.198. The van der Waals surface area contributed by atoms with Gasteiger partial charge in [-0.25, -0.2) is 9.78 Å². The van der Waals surface area contributed by atoms with Crippen LogP contribution in [0.5, 0.6) is 0 Å². The number of rotatable bonds is 5. The summed E-state index contributed by atoms with van der Waals surface area (Å²) in [6.07, 6.45) is 0.237. The number of fused-ring (bicyclic) bond motifs is 1. The Bertz CT molecular complexity index is 1300. The predicted molar refractivity (Wildman–Crippen MR) is 121 cm³/mol. The molecule has 0 aromatic carbocycles. The number of alkyl halides is 3. The first-order chi connectivity index (χ1) is 17.1. The number of nitrogens with zero attached hydrogens (tertiary/aromatic N) is 5. The van der Waals surface area contributed by atoms with Crippen LogP contribution in [-0.4, -0.2) is 75.7 Å². The van der Waals surface area contributed by atoms with Crippen LogP contribution in [-0.2, 0) is 9.59 Å². The van der Waals surface area contributed by atoms with E-state index >= 15 is 0 Å². The van der Waals surface area contributed by atoms with E-state index in [0.717, 1.165) is 12.8 Å². The summed E-state index contributed by atoms with van der Waals surface area (Å²) < 4.78 is 41.8. The molecule has 6 rings (SSSR count). The fourth-order valence-electron chi connectivity index (χ4n) is 4.59. The Morgan fingerprint density at radius 3 is 2.44 bits per heavy atom. The molecule has 2 aliphatic carbocycles. The fourth-order valence-corrected chi connectivity index (χ4v) is 4.59. The molecular weight excluding hydrogens is 481 g/mol. The van der Waals surface area contributed by atoms with E-state index in [0.29, 0.717) is 42.0 Å². The van der Waals surface area contributed by atoms with Gasteiger partial charge < -0.3 is 20.4 Å². The molecule has 0 spiro atoms. The number of carbonyl (C=O) groups excluding carboxylic acids is 3. The summed E-state index contributed by atoms with van der Waals surface area (Å²) in [5, 5.41) is 12.4. The number of carbonyl (C=O) groups is 3. The van der Waals surface area contributed by atoms with E-state index in [4.69, 9.17) is 4.98 Å². The van der Waals surface area contributed by atoms with Gasteiger partial charge in [0.25, 0.3) is 5.91 Å². The molecule has 14 heteroatoms. The molecule has 4 aliphatic rings. The molecule has 4 amide bonds. The van der Waals surface area contributed by atoms with Gasteiger partial charge in [-0.2, -0.15) is 22.8 Å². The average molecular weight is 504 g/mol. The molecule has 2 saturated carbocycles. The van der Waals surface area contributed by atoms with Crippen LogP contribution in [0.15, 0.2) is 18.0 Å². The molecule has 2 aromatic rings. The number of amides is 4. The Hall–Kier alpha value is -3.84. The number of hydrogen-bond acceptors (Lipinski definition) is 7. The van der Waals surface area contributed by atoms with Gasteiger partial charge in [-0.05, 0) is 31.8 Å². The Balaban J connectivity index is 1.27. The van der Waals surface area contributed by atoms with Crippen molar-refractivity contribution in [3.8, 4) is 0 Å². The van der Waals surface area contributed by atoms with Crippen molar-refractivity contribution in [3.05, 3.63) is 23.5 Å². The van der Waals surface area contributed by atoms with Crippen molar-refractivity contribution in [2.75, 3.05) is 36.4 Å². The van der Waals surface area contributed by atoms with E-state index in [1.165, 1.54) is 17.2 Å². The molecule has 4 fully saturated rings. The lowest BCUT2D eigenvalue weighted by Gasteiger charge is -2.37. The maximum atomic E-state index is 13.4. The Morgan fingerprint density at radius 1 is 1.14 bits per heavy atom. The minimum Gasteiger partial charge on any atom is -0.367 e. The maximum absolute atomic E-state index is 13.4. The van der Waals surface area contributed by atoms with Gasteiger partial charge in [0.2, 0.25) is 5.91 Å². The van der Waals surface area contributed by atoms with Crippen molar-refractivity contribution in [1.29, 1.82) is 0 Å². The van der Waals surface area contributed by atoms with Crippen molar-refractivity contribution in [2.24, 2.45) is 5.41 Å². The predicted octanol–water partition coefficient (Wildman–Crippen LogP) is 1.47. The third-order valence-corrected chi connectivity index (χ3v) is 7.03. The largest absolute Gasteiger partial charge is 0.403 e. The second-order valence-corrected chi connectivity index (χ2v) is 9.58. The molecule has 2 aliphatic heterocycles. The minimum absolute atomic E-state index is 0.0737. The fraction of sp³-hybridized carbons (Fsp3) is 0.500. The second kappa shape index (κ2) is 7.83. The first kappa shape index (κ1) is 22.6. The third kappa shape index (κ3) is 3.80. The number of hydrogen-bond donors (Lipinski definition) is 3. The number of piperazine rings is 1. The quantitative estimate of drug-likeness (QED) is 0.416. The zero-order valence-electron chi connectivity index (χ0n) is 19.1. The van der Waals surface area contributed by atoms with Crippen molar-refractivity contribution >= 4 is 41.2 Å². The van der Waals surface area contributed by atoms with Gasteiger partial charge in [0.05, 0.1) is 6.20 Å². The van der Waals surface area contributed by atoms with Crippen LogP contribution in [0.2, 0.25) is 0 Å². The van der Waals surface area contributed by atoms with E-state index in [2.05, 4.69) is 21.0 Å². The highest BCUT2D eigenvalue weighted by atomic mass is 19.4. The molecule has 36 heavy (non-hydrogen) atoms. The highest BCUT2D eigenvalue weighted by molar-refractivity contribution is 6.14. The van der Waals surface area contributed by atoms with Gasteiger partial charge >= 0.3 is 12.2 Å². The number of urea groups is 1. The van der Waals surface area contributed by atoms with Crippen LogP contribution < -0.4 is 20.9 Å². The van der Waals surface area contributed by atoms with Gasteiger partial charge in [-0.15, -0.1) is 0 Å². The van der Waals surface area contributed by atoms with Gasteiger partial charge in [0.1, 0.15) is 22.7 Å². The Morgan fingerprint density at radius 2 is 1.86 bits per heavy atom. The molecule has 4 heterocycles. The smallest absolute Gasteiger partial charge is 0.367 e. The zero-order chi connectivity index (χ0) is 25.2. The van der Waals surface area contributed by atoms with Crippen LogP contribution >= 0.6 is 0 Å². The molecule has 0 bridgehead atoms. The van der Waals surface area contributed by atoms with Crippen LogP contribution in [0.3, 0.4) is 0 Å². The minimum atomic E-state index is -4.53. The van der Waals surface area contributed by atoms with Crippen LogP contribution in [0, 0.1) is 5.41 Å². The lowest BCUT2D eigenvalue weighted by atomic mass is 10.0. The highest BCUT2D eigenvalue weighted by Gasteiger charge is 2.69. The summed E-state index contributed by atoms with van der Waals surface area (Å²) in [4.78, 5) is 44.0. The van der Waals surface area contributed by atoms with Crippen molar-refractivity contribution in [3.63, 3.8) is 0 Å². The molecule has 3 N–H and O–H groups in total. The van der Waals surface area contributed by atoms with E-state index < -0.39 is 29.4 Å². The van der Waals surface area contributed by atoms with Crippen molar-refractivity contribution in [1.82, 2.24) is 30.1 Å². The maximum Gasteiger partial charge on any atom is 0.403 e. The third-order valence-electron chi connectivity index (χ3n) is 7.03. The first-order valence-corrected chi connectivity index (χ1v) is 11.7. The number of halogens is 3. The normalized spacial score (nSPS) is 22.7. The number of nitrogens with one attached hydrogen (secondary N) is 3. The summed E-state index contributed by atoms with van der Waals surface area (Å²) in [6.45, 7) is 0.984. The molecule has 190 valence electrons. The number of aromatic nitrogens is 3. The molecule has 0 unspecified atom stereocenters. The first-order valence-electron chi connectivity index (χ1n) is 11.7. The number of imide groups is 1. The van der Waals surface area contributed by atoms with Crippen LogP contribution in [0.25, 0.3) is 11.7 Å². The van der Waals surface area contributed by atoms with Gasteiger partial charge in [-0.1, -0.05) is 0 Å². The highest BCUT2D eigenvalue weighted by Crippen LogP contribution is 2.58. The lowest BCUT2D eigenvalue weighted by Crippen LogP contribution is -2.53. The molecule has 11 nitrogen and oxygen atoms in total. The Labute approximate surface area is 202 Å². The topological polar surface area (TPSA) is 124 Å². The average Bonchev–Trinajstić information content (AvgIpc) is 3.75. The molecule has 0 atom stereocenters. The van der Waals surface area contributed by atoms with Gasteiger partial charge in [0.15, 0.2) is 5.65 Å². The summed E-state index contributed by atoms with van der Waals surface area (Å²) in [7, 11) is 0. The van der Waals surface area contributed by atoms with Crippen molar-refractivity contribution in [2.45, 2.75) is 37.9 Å². The van der Waals surface area contributed by atoms with Crippen LogP contribution in [0.1, 0.15) is 31.2 Å². The van der Waals surface area contributed by atoms with E-state index in [9.17, 15) is 27.6 Å².